The van der Waals surface area contributed by atoms with Crippen LogP contribution in [0.1, 0.15) is 15.9 Å². The predicted octanol–water partition coefficient (Wildman–Crippen LogP) is 3.35. The van der Waals surface area contributed by atoms with Crippen molar-refractivity contribution in [1.82, 2.24) is 4.57 Å². The Kier molecular flexibility index (Phi) is 4.57. The first-order valence-corrected chi connectivity index (χ1v) is 7.62. The molecule has 3 rings (SSSR count). The summed E-state index contributed by atoms with van der Waals surface area (Å²) >= 11 is 0. The summed E-state index contributed by atoms with van der Waals surface area (Å²) in [7, 11) is 1.27. The molecule has 24 heavy (non-hydrogen) atoms. The van der Waals surface area contributed by atoms with E-state index < -0.39 is 5.97 Å². The number of methoxy groups -OCH3 is 1. The van der Waals surface area contributed by atoms with Gasteiger partial charge in [0.15, 0.2) is 0 Å². The maximum Gasteiger partial charge on any atom is 0.343 e. The molecule has 3 aromatic rings. The summed E-state index contributed by atoms with van der Waals surface area (Å²) in [6, 6.07) is 21.1. The van der Waals surface area contributed by atoms with E-state index in [2.05, 4.69) is 4.74 Å². The molecule has 1 aromatic heterocycles. The van der Waals surface area contributed by atoms with E-state index in [9.17, 15) is 9.59 Å². The lowest BCUT2D eigenvalue weighted by molar-refractivity contribution is 0.0598. The van der Waals surface area contributed by atoms with E-state index in [1.54, 1.807) is 12.3 Å². The third kappa shape index (κ3) is 3.13. The maximum atomic E-state index is 12.5. The van der Waals surface area contributed by atoms with Gasteiger partial charge in [-0.15, -0.1) is 0 Å². The van der Waals surface area contributed by atoms with Crippen LogP contribution in [0.25, 0.3) is 11.1 Å². The number of hydrogen-bond donors (Lipinski definition) is 0. The fourth-order valence-corrected chi connectivity index (χ4v) is 2.67. The van der Waals surface area contributed by atoms with Crippen LogP contribution in [0.5, 0.6) is 0 Å². The first-order valence-electron chi connectivity index (χ1n) is 7.62. The van der Waals surface area contributed by atoms with Gasteiger partial charge in [0, 0.05) is 6.20 Å². The Balaban J connectivity index is 2.02. The molecule has 0 radical (unpaired) electrons. The van der Waals surface area contributed by atoms with Gasteiger partial charge < -0.3 is 9.30 Å². The van der Waals surface area contributed by atoms with Crippen LogP contribution in [-0.4, -0.2) is 17.6 Å². The van der Waals surface area contributed by atoms with E-state index in [4.69, 9.17) is 0 Å². The topological polar surface area (TPSA) is 48.3 Å². The highest BCUT2D eigenvalue weighted by atomic mass is 16.5. The highest BCUT2D eigenvalue weighted by Gasteiger charge is 2.13. The van der Waals surface area contributed by atoms with Crippen LogP contribution in [0.2, 0.25) is 0 Å². The van der Waals surface area contributed by atoms with Crippen LogP contribution in [0.15, 0.2) is 77.7 Å². The van der Waals surface area contributed by atoms with Gasteiger partial charge in [-0.3, -0.25) is 4.79 Å². The molecule has 0 aliphatic rings. The van der Waals surface area contributed by atoms with Crippen molar-refractivity contribution >= 4 is 5.97 Å². The highest BCUT2D eigenvalue weighted by molar-refractivity contribution is 5.88. The zero-order chi connectivity index (χ0) is 16.9. The first kappa shape index (κ1) is 15.7. The molecule has 4 heteroatoms. The van der Waals surface area contributed by atoms with E-state index >= 15 is 0 Å². The summed E-state index contributed by atoms with van der Waals surface area (Å²) in [5.41, 5.74) is 2.84. The average molecular weight is 319 g/mol. The van der Waals surface area contributed by atoms with Crippen molar-refractivity contribution in [2.45, 2.75) is 6.54 Å². The molecule has 0 bridgehead atoms. The van der Waals surface area contributed by atoms with Crippen LogP contribution in [0, 0.1) is 0 Å². The van der Waals surface area contributed by atoms with Crippen LogP contribution in [-0.2, 0) is 11.3 Å². The third-order valence-electron chi connectivity index (χ3n) is 3.87. The lowest BCUT2D eigenvalue weighted by atomic mass is 9.99. The van der Waals surface area contributed by atoms with E-state index in [0.717, 1.165) is 16.7 Å². The second-order valence-corrected chi connectivity index (χ2v) is 5.37. The normalized spacial score (nSPS) is 10.4. The van der Waals surface area contributed by atoms with Crippen LogP contribution >= 0.6 is 0 Å². The Morgan fingerprint density at radius 1 is 0.958 bits per heavy atom. The lowest BCUT2D eigenvalue weighted by Crippen LogP contribution is -2.26. The molecule has 0 saturated heterocycles. The molecule has 0 spiro atoms. The molecule has 120 valence electrons. The fourth-order valence-electron chi connectivity index (χ4n) is 2.67. The van der Waals surface area contributed by atoms with Crippen molar-refractivity contribution in [3.05, 3.63) is 94.4 Å². The number of aromatic nitrogens is 1. The van der Waals surface area contributed by atoms with E-state index in [1.807, 2.05) is 54.6 Å². The Morgan fingerprint density at radius 3 is 2.42 bits per heavy atom. The predicted molar refractivity (Wildman–Crippen MR) is 93.0 cm³/mol. The smallest absolute Gasteiger partial charge is 0.343 e. The van der Waals surface area contributed by atoms with Gasteiger partial charge in [-0.05, 0) is 28.8 Å². The zero-order valence-electron chi connectivity index (χ0n) is 13.3. The largest absolute Gasteiger partial charge is 0.465 e. The highest BCUT2D eigenvalue weighted by Crippen LogP contribution is 2.23. The molecule has 2 aromatic carbocycles. The molecular weight excluding hydrogens is 302 g/mol. The van der Waals surface area contributed by atoms with E-state index in [1.165, 1.54) is 17.7 Å². The minimum absolute atomic E-state index is 0.0391. The molecule has 0 unspecified atom stereocenters. The first-order chi connectivity index (χ1) is 11.7. The molecule has 0 aliphatic carbocycles. The summed E-state index contributed by atoms with van der Waals surface area (Å²) in [6.07, 6.45) is 1.68. The summed E-state index contributed by atoms with van der Waals surface area (Å²) in [4.78, 5) is 24.2. The molecule has 0 atom stereocenters. The SMILES string of the molecule is COC(=O)c1cccn(Cc2ccccc2-c2ccccc2)c1=O. The van der Waals surface area contributed by atoms with E-state index in [-0.39, 0.29) is 11.1 Å². The Morgan fingerprint density at radius 2 is 1.67 bits per heavy atom. The van der Waals surface area contributed by atoms with Crippen molar-refractivity contribution in [2.75, 3.05) is 7.11 Å². The summed E-state index contributed by atoms with van der Waals surface area (Å²) in [6.45, 7) is 0.384. The van der Waals surface area contributed by atoms with Gasteiger partial charge in [0.1, 0.15) is 5.56 Å². The van der Waals surface area contributed by atoms with Crippen LogP contribution in [0.3, 0.4) is 0 Å². The molecular formula is C20H17NO3. The summed E-state index contributed by atoms with van der Waals surface area (Å²) in [5, 5.41) is 0. The molecule has 0 fully saturated rings. The van der Waals surface area contributed by atoms with Crippen molar-refractivity contribution < 1.29 is 9.53 Å². The van der Waals surface area contributed by atoms with Gasteiger partial charge in [0.05, 0.1) is 13.7 Å². The number of hydrogen-bond acceptors (Lipinski definition) is 3. The summed E-state index contributed by atoms with van der Waals surface area (Å²) < 4.78 is 6.18. The number of esters is 1. The number of ether oxygens (including phenoxy) is 1. The summed E-state index contributed by atoms with van der Waals surface area (Å²) in [5.74, 6) is -0.620. The zero-order valence-corrected chi connectivity index (χ0v) is 13.3. The van der Waals surface area contributed by atoms with Gasteiger partial charge in [0.2, 0.25) is 0 Å². The number of carbonyl (C=O) groups excluding carboxylic acids is 1. The van der Waals surface area contributed by atoms with Crippen molar-refractivity contribution in [3.63, 3.8) is 0 Å². The Labute approximate surface area is 140 Å². The third-order valence-corrected chi connectivity index (χ3v) is 3.87. The number of nitrogens with zero attached hydrogens (tertiary/aromatic N) is 1. The van der Waals surface area contributed by atoms with Crippen LogP contribution < -0.4 is 5.56 Å². The van der Waals surface area contributed by atoms with Crippen LogP contribution in [0.4, 0.5) is 0 Å². The fraction of sp³-hybridized carbons (Fsp3) is 0.100. The van der Waals surface area contributed by atoms with Crippen molar-refractivity contribution in [2.24, 2.45) is 0 Å². The second-order valence-electron chi connectivity index (χ2n) is 5.37. The Bertz CT molecular complexity index is 913. The van der Waals surface area contributed by atoms with Crippen molar-refractivity contribution in [1.29, 1.82) is 0 Å². The van der Waals surface area contributed by atoms with Gasteiger partial charge in [-0.1, -0.05) is 54.6 Å². The number of pyridine rings is 1. The number of benzene rings is 2. The second kappa shape index (κ2) is 6.96. The average Bonchev–Trinajstić information content (AvgIpc) is 2.64. The molecule has 0 saturated carbocycles. The molecule has 1 heterocycles. The van der Waals surface area contributed by atoms with E-state index in [0.29, 0.717) is 6.54 Å². The molecule has 0 aliphatic heterocycles. The number of rotatable bonds is 4. The lowest BCUT2D eigenvalue weighted by Gasteiger charge is -2.12. The minimum atomic E-state index is -0.620. The van der Waals surface area contributed by atoms with Gasteiger partial charge in [0.25, 0.3) is 5.56 Å². The quantitative estimate of drug-likeness (QED) is 0.693. The Hall–Kier alpha value is -3.14. The monoisotopic (exact) mass is 319 g/mol. The maximum absolute atomic E-state index is 12.5. The number of carbonyl (C=O) groups is 1. The van der Waals surface area contributed by atoms with Crippen molar-refractivity contribution in [3.8, 4) is 11.1 Å². The molecule has 0 amide bonds. The molecule has 0 N–H and O–H groups in total. The standard InChI is InChI=1S/C20H17NO3/c1-24-20(23)18-12-7-13-21(19(18)22)14-16-10-5-6-11-17(16)15-8-3-2-4-9-15/h2-13H,14H2,1H3. The minimum Gasteiger partial charge on any atom is -0.465 e. The molecule has 4 nitrogen and oxygen atoms in total. The van der Waals surface area contributed by atoms with Gasteiger partial charge >= 0.3 is 5.97 Å². The van der Waals surface area contributed by atoms with Gasteiger partial charge in [-0.25, -0.2) is 4.79 Å². The van der Waals surface area contributed by atoms with Gasteiger partial charge in [-0.2, -0.15) is 0 Å².